The fourth-order valence-corrected chi connectivity index (χ4v) is 4.36. The third kappa shape index (κ3) is 4.27. The number of hydrogen-bond donors (Lipinski definition) is 1. The molecule has 134 valence electrons. The standard InChI is InChI=1S/C20H27N3OS/c1-20(2,3)17-12-18(23(4)22-17)21-19(24)13-25-16-11-7-9-14-8-5-6-10-15(14)16/h5-6,8,10,12,16H,7,9,11,13H2,1-4H3,(H,21,24). The molecule has 1 amide bonds. The lowest BCUT2D eigenvalue weighted by atomic mass is 9.91. The molecule has 0 saturated carbocycles. The highest BCUT2D eigenvalue weighted by Crippen LogP contribution is 2.39. The minimum absolute atomic E-state index is 0.0265. The second kappa shape index (κ2) is 7.24. The molecule has 3 rings (SSSR count). The number of anilines is 1. The van der Waals surface area contributed by atoms with Crippen LogP contribution in [0.2, 0.25) is 0 Å². The summed E-state index contributed by atoms with van der Waals surface area (Å²) in [7, 11) is 1.87. The first kappa shape index (κ1) is 18.1. The molecule has 1 atom stereocenters. The van der Waals surface area contributed by atoms with E-state index < -0.39 is 0 Å². The average molecular weight is 358 g/mol. The molecule has 1 aromatic heterocycles. The number of amides is 1. The Morgan fingerprint density at radius 2 is 2.12 bits per heavy atom. The van der Waals surface area contributed by atoms with E-state index in [0.29, 0.717) is 11.0 Å². The van der Waals surface area contributed by atoms with Crippen LogP contribution in [0.1, 0.15) is 55.7 Å². The van der Waals surface area contributed by atoms with Crippen molar-refractivity contribution in [2.45, 2.75) is 50.7 Å². The van der Waals surface area contributed by atoms with Crippen LogP contribution >= 0.6 is 11.8 Å². The number of carbonyl (C=O) groups excluding carboxylic acids is 1. The van der Waals surface area contributed by atoms with Gasteiger partial charge >= 0.3 is 0 Å². The number of rotatable bonds is 4. The number of nitrogens with zero attached hydrogens (tertiary/aromatic N) is 2. The van der Waals surface area contributed by atoms with E-state index in [1.54, 1.807) is 16.4 Å². The number of benzene rings is 1. The first-order chi connectivity index (χ1) is 11.8. The van der Waals surface area contributed by atoms with Gasteiger partial charge in [-0.3, -0.25) is 9.48 Å². The molecule has 4 nitrogen and oxygen atoms in total. The molecular weight excluding hydrogens is 330 g/mol. The maximum Gasteiger partial charge on any atom is 0.235 e. The van der Waals surface area contributed by atoms with Crippen molar-refractivity contribution in [2.24, 2.45) is 7.05 Å². The van der Waals surface area contributed by atoms with Crippen LogP contribution in [0.25, 0.3) is 0 Å². The van der Waals surface area contributed by atoms with Crippen LogP contribution in [0.3, 0.4) is 0 Å². The molecule has 1 aromatic carbocycles. The van der Waals surface area contributed by atoms with Gasteiger partial charge in [0.05, 0.1) is 11.4 Å². The van der Waals surface area contributed by atoms with E-state index >= 15 is 0 Å². The fraction of sp³-hybridized carbons (Fsp3) is 0.500. The first-order valence-corrected chi connectivity index (χ1v) is 9.93. The molecule has 1 heterocycles. The molecular formula is C20H27N3OS. The summed E-state index contributed by atoms with van der Waals surface area (Å²) in [6.45, 7) is 6.37. The van der Waals surface area contributed by atoms with Crippen LogP contribution in [0.5, 0.6) is 0 Å². The quantitative estimate of drug-likeness (QED) is 0.878. The second-order valence-electron chi connectivity index (χ2n) is 7.73. The Bertz CT molecular complexity index is 761. The Labute approximate surface area is 154 Å². The van der Waals surface area contributed by atoms with Crippen molar-refractivity contribution in [3.63, 3.8) is 0 Å². The molecule has 5 heteroatoms. The van der Waals surface area contributed by atoms with Gasteiger partial charge in [0, 0.05) is 23.8 Å². The summed E-state index contributed by atoms with van der Waals surface area (Å²) in [5.41, 5.74) is 3.80. The summed E-state index contributed by atoms with van der Waals surface area (Å²) >= 11 is 1.74. The Kier molecular flexibility index (Phi) is 5.23. The van der Waals surface area contributed by atoms with E-state index in [9.17, 15) is 4.79 Å². The molecule has 0 saturated heterocycles. The monoisotopic (exact) mass is 357 g/mol. The van der Waals surface area contributed by atoms with Crippen molar-refractivity contribution in [1.29, 1.82) is 0 Å². The van der Waals surface area contributed by atoms with Gasteiger partial charge in [-0.2, -0.15) is 5.10 Å². The van der Waals surface area contributed by atoms with Gasteiger partial charge in [0.25, 0.3) is 0 Å². The van der Waals surface area contributed by atoms with Crippen LogP contribution in [-0.2, 0) is 23.7 Å². The zero-order chi connectivity index (χ0) is 18.0. The van der Waals surface area contributed by atoms with Crippen molar-refractivity contribution in [2.75, 3.05) is 11.1 Å². The van der Waals surface area contributed by atoms with Gasteiger partial charge in [0.2, 0.25) is 5.91 Å². The minimum Gasteiger partial charge on any atom is -0.310 e. The van der Waals surface area contributed by atoms with Crippen LogP contribution in [-0.4, -0.2) is 21.4 Å². The predicted molar refractivity (Wildman–Crippen MR) is 105 cm³/mol. The van der Waals surface area contributed by atoms with E-state index in [2.05, 4.69) is 55.5 Å². The van der Waals surface area contributed by atoms with E-state index in [1.807, 2.05) is 13.1 Å². The number of fused-ring (bicyclic) bond motifs is 1. The van der Waals surface area contributed by atoms with E-state index in [-0.39, 0.29) is 11.3 Å². The van der Waals surface area contributed by atoms with Gasteiger partial charge in [0.15, 0.2) is 0 Å². The van der Waals surface area contributed by atoms with Crippen molar-refractivity contribution < 1.29 is 4.79 Å². The van der Waals surface area contributed by atoms with Crippen LogP contribution in [0.4, 0.5) is 5.82 Å². The van der Waals surface area contributed by atoms with Gasteiger partial charge < -0.3 is 5.32 Å². The van der Waals surface area contributed by atoms with Crippen molar-refractivity contribution in [3.05, 3.63) is 47.2 Å². The molecule has 1 aliphatic rings. The molecule has 0 spiro atoms. The number of hydrogen-bond acceptors (Lipinski definition) is 3. The maximum atomic E-state index is 12.4. The average Bonchev–Trinajstić information content (AvgIpc) is 2.94. The van der Waals surface area contributed by atoms with Crippen molar-refractivity contribution >= 4 is 23.5 Å². The van der Waals surface area contributed by atoms with Crippen molar-refractivity contribution in [1.82, 2.24) is 9.78 Å². The molecule has 0 radical (unpaired) electrons. The van der Waals surface area contributed by atoms with Crippen LogP contribution < -0.4 is 5.32 Å². The van der Waals surface area contributed by atoms with Gasteiger partial charge in [-0.05, 0) is 30.4 Å². The highest BCUT2D eigenvalue weighted by Gasteiger charge is 2.22. The number of nitrogens with one attached hydrogen (secondary N) is 1. The Hall–Kier alpha value is -1.75. The lowest BCUT2D eigenvalue weighted by Gasteiger charge is -2.24. The lowest BCUT2D eigenvalue weighted by molar-refractivity contribution is -0.113. The van der Waals surface area contributed by atoms with Crippen LogP contribution in [0.15, 0.2) is 30.3 Å². The molecule has 1 unspecified atom stereocenters. The number of aromatic nitrogens is 2. The molecule has 0 fully saturated rings. The third-order valence-corrected chi connectivity index (χ3v) is 5.97. The highest BCUT2D eigenvalue weighted by atomic mass is 32.2. The maximum absolute atomic E-state index is 12.4. The van der Waals surface area contributed by atoms with E-state index in [0.717, 1.165) is 24.4 Å². The van der Waals surface area contributed by atoms with E-state index in [1.165, 1.54) is 17.5 Å². The Morgan fingerprint density at radius 1 is 1.36 bits per heavy atom. The van der Waals surface area contributed by atoms with Gasteiger partial charge in [-0.15, -0.1) is 11.8 Å². The minimum atomic E-state index is -0.0265. The summed E-state index contributed by atoms with van der Waals surface area (Å²) in [6.07, 6.45) is 3.51. The molecule has 0 bridgehead atoms. The summed E-state index contributed by atoms with van der Waals surface area (Å²) < 4.78 is 1.75. The molecule has 0 aliphatic heterocycles. The van der Waals surface area contributed by atoms with Gasteiger partial charge in [-0.25, -0.2) is 0 Å². The zero-order valence-corrected chi connectivity index (χ0v) is 16.3. The Morgan fingerprint density at radius 3 is 2.84 bits per heavy atom. The SMILES string of the molecule is Cn1nc(C(C)(C)C)cc1NC(=O)CSC1CCCc2ccccc21. The first-order valence-electron chi connectivity index (χ1n) is 8.88. The zero-order valence-electron chi connectivity index (χ0n) is 15.5. The third-order valence-electron chi connectivity index (χ3n) is 4.65. The molecule has 2 aromatic rings. The fourth-order valence-electron chi connectivity index (χ4n) is 3.19. The number of aryl methyl sites for hydroxylation is 2. The van der Waals surface area contributed by atoms with Crippen molar-refractivity contribution in [3.8, 4) is 0 Å². The summed E-state index contributed by atoms with van der Waals surface area (Å²) in [5, 5.41) is 7.94. The molecule has 1 N–H and O–H groups in total. The summed E-state index contributed by atoms with van der Waals surface area (Å²) in [4.78, 5) is 12.4. The van der Waals surface area contributed by atoms with Gasteiger partial charge in [0.1, 0.15) is 5.82 Å². The largest absolute Gasteiger partial charge is 0.310 e. The molecule has 1 aliphatic carbocycles. The normalized spacial score (nSPS) is 17.2. The predicted octanol–water partition coefficient (Wildman–Crippen LogP) is 4.47. The smallest absolute Gasteiger partial charge is 0.235 e. The van der Waals surface area contributed by atoms with Gasteiger partial charge in [-0.1, -0.05) is 45.0 Å². The highest BCUT2D eigenvalue weighted by molar-refractivity contribution is 8.00. The number of carbonyl (C=O) groups is 1. The lowest BCUT2D eigenvalue weighted by Crippen LogP contribution is -2.18. The van der Waals surface area contributed by atoms with Crippen LogP contribution in [0, 0.1) is 0 Å². The number of thioether (sulfide) groups is 1. The van der Waals surface area contributed by atoms with E-state index in [4.69, 9.17) is 0 Å². The topological polar surface area (TPSA) is 46.9 Å². The second-order valence-corrected chi connectivity index (χ2v) is 8.92. The Balaban J connectivity index is 1.60. The summed E-state index contributed by atoms with van der Waals surface area (Å²) in [6, 6.07) is 10.6. The molecule has 25 heavy (non-hydrogen) atoms. The summed E-state index contributed by atoms with van der Waals surface area (Å²) in [5.74, 6) is 1.27.